The first-order chi connectivity index (χ1) is 6.91. The van der Waals surface area contributed by atoms with Crippen molar-refractivity contribution in [3.05, 3.63) is 11.6 Å². The Morgan fingerprint density at radius 3 is 2.33 bits per heavy atom. The third-order valence-corrected chi connectivity index (χ3v) is 2.25. The lowest BCUT2D eigenvalue weighted by atomic mass is 10.0. The number of hydrogen-bond donors (Lipinski definition) is 1. The lowest BCUT2D eigenvalue weighted by Crippen LogP contribution is -2.19. The van der Waals surface area contributed by atoms with Gasteiger partial charge in [-0.3, -0.25) is 0 Å². The molecule has 0 aliphatic rings. The smallest absolute Gasteiger partial charge is 0.155 e. The zero-order chi connectivity index (χ0) is 11.8. The van der Waals surface area contributed by atoms with E-state index < -0.39 is 6.29 Å². The molecule has 0 radical (unpaired) electrons. The predicted molar refractivity (Wildman–Crippen MR) is 64.7 cm³/mol. The minimum absolute atomic E-state index is 0.102. The van der Waals surface area contributed by atoms with E-state index in [1.807, 2.05) is 13.8 Å². The van der Waals surface area contributed by atoms with Gasteiger partial charge in [0.05, 0.1) is 6.10 Å². The van der Waals surface area contributed by atoms with Gasteiger partial charge in [-0.2, -0.15) is 0 Å². The highest BCUT2D eigenvalue weighted by atomic mass is 16.6. The summed E-state index contributed by atoms with van der Waals surface area (Å²) >= 11 is 0. The molecular formula is C13H26O2. The Bertz CT molecular complexity index is 181. The lowest BCUT2D eigenvalue weighted by molar-refractivity contribution is -0.134. The van der Waals surface area contributed by atoms with E-state index in [1.54, 1.807) is 0 Å². The van der Waals surface area contributed by atoms with Crippen LogP contribution >= 0.6 is 0 Å². The summed E-state index contributed by atoms with van der Waals surface area (Å²) in [6.07, 6.45) is 4.68. The quantitative estimate of drug-likeness (QED) is 0.519. The Hall–Kier alpha value is -0.340. The molecule has 0 saturated carbocycles. The zero-order valence-electron chi connectivity index (χ0n) is 10.8. The molecule has 0 rings (SSSR count). The van der Waals surface area contributed by atoms with Crippen LogP contribution in [0.1, 0.15) is 53.9 Å². The average Bonchev–Trinajstić information content (AvgIpc) is 2.00. The fourth-order valence-electron chi connectivity index (χ4n) is 1.49. The van der Waals surface area contributed by atoms with E-state index in [9.17, 15) is 5.11 Å². The van der Waals surface area contributed by atoms with Gasteiger partial charge in [-0.25, -0.2) is 0 Å². The van der Waals surface area contributed by atoms with Crippen molar-refractivity contribution in [3.63, 3.8) is 0 Å². The van der Waals surface area contributed by atoms with Crippen LogP contribution in [0.4, 0.5) is 0 Å². The summed E-state index contributed by atoms with van der Waals surface area (Å²) in [6, 6.07) is 0. The van der Waals surface area contributed by atoms with Crippen LogP contribution in [0.3, 0.4) is 0 Å². The topological polar surface area (TPSA) is 29.5 Å². The van der Waals surface area contributed by atoms with E-state index in [-0.39, 0.29) is 6.10 Å². The molecule has 0 aliphatic heterocycles. The molecule has 15 heavy (non-hydrogen) atoms. The number of rotatable bonds is 7. The summed E-state index contributed by atoms with van der Waals surface area (Å²) in [6.45, 7) is 10.3. The van der Waals surface area contributed by atoms with Crippen molar-refractivity contribution in [1.82, 2.24) is 0 Å². The van der Waals surface area contributed by atoms with Crippen molar-refractivity contribution in [3.8, 4) is 0 Å². The maximum atomic E-state index is 9.56. The Kier molecular flexibility index (Phi) is 7.71. The van der Waals surface area contributed by atoms with Crippen LogP contribution in [0.2, 0.25) is 0 Å². The molecule has 0 aromatic carbocycles. The fraction of sp³-hybridized carbons (Fsp3) is 0.846. The number of hydrogen-bond acceptors (Lipinski definition) is 2. The maximum Gasteiger partial charge on any atom is 0.155 e. The van der Waals surface area contributed by atoms with Crippen LogP contribution in [-0.4, -0.2) is 17.5 Å². The number of aliphatic hydroxyl groups excluding tert-OH is 1. The molecule has 0 amide bonds. The molecule has 0 spiro atoms. The molecular weight excluding hydrogens is 188 g/mol. The summed E-state index contributed by atoms with van der Waals surface area (Å²) in [7, 11) is 0. The van der Waals surface area contributed by atoms with Crippen molar-refractivity contribution in [1.29, 1.82) is 0 Å². The Morgan fingerprint density at radius 1 is 1.27 bits per heavy atom. The van der Waals surface area contributed by atoms with Crippen LogP contribution < -0.4 is 0 Å². The monoisotopic (exact) mass is 214 g/mol. The summed E-state index contributed by atoms with van der Waals surface area (Å²) in [5.41, 5.74) is 1.36. The highest BCUT2D eigenvalue weighted by Gasteiger charge is 2.11. The van der Waals surface area contributed by atoms with Crippen molar-refractivity contribution in [2.75, 3.05) is 0 Å². The van der Waals surface area contributed by atoms with Gasteiger partial charge in [-0.05, 0) is 46.5 Å². The van der Waals surface area contributed by atoms with Gasteiger partial charge in [0, 0.05) is 6.42 Å². The molecule has 2 unspecified atom stereocenters. The van der Waals surface area contributed by atoms with Gasteiger partial charge in [0.1, 0.15) is 0 Å². The van der Waals surface area contributed by atoms with Crippen LogP contribution in [0.15, 0.2) is 11.6 Å². The number of allylic oxidation sites excluding steroid dienone is 2. The van der Waals surface area contributed by atoms with Crippen molar-refractivity contribution in [2.24, 2.45) is 5.92 Å². The van der Waals surface area contributed by atoms with Crippen molar-refractivity contribution < 1.29 is 9.84 Å². The van der Waals surface area contributed by atoms with Gasteiger partial charge in [0.25, 0.3) is 0 Å². The second kappa shape index (κ2) is 7.89. The van der Waals surface area contributed by atoms with E-state index in [4.69, 9.17) is 4.74 Å². The molecule has 0 aromatic rings. The Balaban J connectivity index is 3.64. The Labute approximate surface area is 94.3 Å². The largest absolute Gasteiger partial charge is 0.368 e. The third kappa shape index (κ3) is 9.95. The first kappa shape index (κ1) is 14.7. The molecule has 0 bridgehead atoms. The van der Waals surface area contributed by atoms with Crippen LogP contribution in [0.25, 0.3) is 0 Å². The first-order valence-corrected chi connectivity index (χ1v) is 5.88. The van der Waals surface area contributed by atoms with Gasteiger partial charge >= 0.3 is 0 Å². The van der Waals surface area contributed by atoms with E-state index in [1.165, 1.54) is 5.57 Å². The molecule has 2 nitrogen and oxygen atoms in total. The number of aliphatic hydroxyl groups is 1. The van der Waals surface area contributed by atoms with Crippen molar-refractivity contribution in [2.45, 2.75) is 66.3 Å². The summed E-state index contributed by atoms with van der Waals surface area (Å²) in [5.74, 6) is 0.509. The van der Waals surface area contributed by atoms with Gasteiger partial charge in [-0.15, -0.1) is 0 Å². The van der Waals surface area contributed by atoms with Crippen LogP contribution in [0, 0.1) is 5.92 Å². The maximum absolute atomic E-state index is 9.56. The lowest BCUT2D eigenvalue weighted by Gasteiger charge is -2.18. The van der Waals surface area contributed by atoms with Gasteiger partial charge in [0.15, 0.2) is 6.29 Å². The summed E-state index contributed by atoms with van der Waals surface area (Å²) in [4.78, 5) is 0. The second-order valence-electron chi connectivity index (χ2n) is 4.84. The van der Waals surface area contributed by atoms with Crippen LogP contribution in [-0.2, 0) is 4.74 Å². The van der Waals surface area contributed by atoms with Crippen LogP contribution in [0.5, 0.6) is 0 Å². The van der Waals surface area contributed by atoms with Crippen molar-refractivity contribution >= 4 is 0 Å². The molecule has 0 fully saturated rings. The van der Waals surface area contributed by atoms with E-state index in [2.05, 4.69) is 26.8 Å². The first-order valence-electron chi connectivity index (χ1n) is 5.88. The highest BCUT2D eigenvalue weighted by Crippen LogP contribution is 2.15. The zero-order valence-corrected chi connectivity index (χ0v) is 10.8. The number of ether oxygens (including phenoxy) is 1. The van der Waals surface area contributed by atoms with E-state index in [0.717, 1.165) is 19.3 Å². The molecule has 90 valence electrons. The summed E-state index contributed by atoms with van der Waals surface area (Å²) in [5, 5.41) is 9.56. The van der Waals surface area contributed by atoms with Gasteiger partial charge in [-0.1, -0.05) is 18.6 Å². The molecule has 2 heteroatoms. The third-order valence-electron chi connectivity index (χ3n) is 2.25. The standard InChI is InChI=1S/C13H26O2/c1-10(2)7-6-8-12(5)9-13(14)15-11(3)4/h7,11-14H,6,8-9H2,1-5H3. The molecule has 1 N–H and O–H groups in total. The van der Waals surface area contributed by atoms with E-state index in [0.29, 0.717) is 5.92 Å². The molecule has 0 aliphatic carbocycles. The summed E-state index contributed by atoms with van der Waals surface area (Å²) < 4.78 is 5.29. The molecule has 2 atom stereocenters. The van der Waals surface area contributed by atoms with Gasteiger partial charge < -0.3 is 9.84 Å². The molecule has 0 aromatic heterocycles. The normalized spacial score (nSPS) is 15.1. The van der Waals surface area contributed by atoms with Gasteiger partial charge in [0.2, 0.25) is 0 Å². The SMILES string of the molecule is CC(C)=CCCC(C)CC(O)OC(C)C. The molecule has 0 heterocycles. The van der Waals surface area contributed by atoms with E-state index >= 15 is 0 Å². The minimum atomic E-state index is -0.605. The predicted octanol–water partition coefficient (Wildman–Crippen LogP) is 3.50. The fourth-order valence-corrected chi connectivity index (χ4v) is 1.49. The average molecular weight is 214 g/mol. The second-order valence-corrected chi connectivity index (χ2v) is 4.84. The molecule has 0 saturated heterocycles. The highest BCUT2D eigenvalue weighted by molar-refractivity contribution is 4.92. The Morgan fingerprint density at radius 2 is 1.87 bits per heavy atom. The minimum Gasteiger partial charge on any atom is -0.368 e.